The van der Waals surface area contributed by atoms with Gasteiger partial charge in [0.05, 0.1) is 14.2 Å². The molecule has 1 aromatic heterocycles. The van der Waals surface area contributed by atoms with Crippen molar-refractivity contribution in [3.8, 4) is 11.5 Å². The molecule has 1 aromatic carbocycles. The van der Waals surface area contributed by atoms with Gasteiger partial charge in [0.2, 0.25) is 0 Å². The SMILES string of the molecule is COc1ccc(Nc2nccnc2N)cc1OC. The van der Waals surface area contributed by atoms with Crippen LogP contribution in [0.1, 0.15) is 0 Å². The number of hydrogen-bond donors (Lipinski definition) is 2. The summed E-state index contributed by atoms with van der Waals surface area (Å²) in [5, 5.41) is 3.06. The summed E-state index contributed by atoms with van der Waals surface area (Å²) in [5.74, 6) is 2.14. The van der Waals surface area contributed by atoms with Crippen molar-refractivity contribution in [2.24, 2.45) is 0 Å². The van der Waals surface area contributed by atoms with E-state index in [9.17, 15) is 0 Å². The summed E-state index contributed by atoms with van der Waals surface area (Å²) in [6.45, 7) is 0. The van der Waals surface area contributed by atoms with Gasteiger partial charge >= 0.3 is 0 Å². The predicted molar refractivity (Wildman–Crippen MR) is 69.3 cm³/mol. The molecule has 0 atom stereocenters. The number of nitrogens with zero attached hydrogens (tertiary/aromatic N) is 2. The number of nitrogens with one attached hydrogen (secondary N) is 1. The first kappa shape index (κ1) is 12.0. The van der Waals surface area contributed by atoms with E-state index in [4.69, 9.17) is 15.2 Å². The van der Waals surface area contributed by atoms with E-state index in [0.29, 0.717) is 23.1 Å². The Kier molecular flexibility index (Phi) is 3.47. The minimum Gasteiger partial charge on any atom is -0.493 e. The van der Waals surface area contributed by atoms with E-state index in [2.05, 4.69) is 15.3 Å². The molecule has 0 radical (unpaired) electrons. The number of ether oxygens (including phenoxy) is 2. The fourth-order valence-electron chi connectivity index (χ4n) is 1.50. The van der Waals surface area contributed by atoms with Crippen LogP contribution in [-0.4, -0.2) is 24.2 Å². The number of nitrogen functional groups attached to an aromatic ring is 1. The van der Waals surface area contributed by atoms with Gasteiger partial charge in [-0.05, 0) is 12.1 Å². The third-order valence-electron chi connectivity index (χ3n) is 2.37. The lowest BCUT2D eigenvalue weighted by Gasteiger charge is -2.11. The number of nitrogens with two attached hydrogens (primary N) is 1. The molecule has 0 aliphatic heterocycles. The molecule has 94 valence electrons. The normalized spacial score (nSPS) is 9.89. The molecule has 2 aromatic rings. The fourth-order valence-corrected chi connectivity index (χ4v) is 1.50. The smallest absolute Gasteiger partial charge is 0.173 e. The molecule has 6 nitrogen and oxygen atoms in total. The van der Waals surface area contributed by atoms with Crippen molar-refractivity contribution in [3.63, 3.8) is 0 Å². The highest BCUT2D eigenvalue weighted by atomic mass is 16.5. The van der Waals surface area contributed by atoms with Crippen LogP contribution in [-0.2, 0) is 0 Å². The van der Waals surface area contributed by atoms with Crippen LogP contribution >= 0.6 is 0 Å². The Morgan fingerprint density at radius 3 is 2.44 bits per heavy atom. The molecule has 18 heavy (non-hydrogen) atoms. The molecule has 0 saturated heterocycles. The minimum absolute atomic E-state index is 0.340. The maximum atomic E-state index is 5.70. The molecule has 6 heteroatoms. The highest BCUT2D eigenvalue weighted by molar-refractivity contribution is 5.67. The second-order valence-corrected chi connectivity index (χ2v) is 3.48. The lowest BCUT2D eigenvalue weighted by Crippen LogP contribution is -2.01. The summed E-state index contributed by atoms with van der Waals surface area (Å²) in [6, 6.07) is 5.44. The third kappa shape index (κ3) is 2.42. The van der Waals surface area contributed by atoms with Crippen LogP contribution in [0.25, 0.3) is 0 Å². The summed E-state index contributed by atoms with van der Waals surface area (Å²) in [4.78, 5) is 8.05. The van der Waals surface area contributed by atoms with Crippen molar-refractivity contribution in [2.45, 2.75) is 0 Å². The molecule has 0 fully saturated rings. The van der Waals surface area contributed by atoms with E-state index in [-0.39, 0.29) is 0 Å². The lowest BCUT2D eigenvalue weighted by atomic mass is 10.2. The second-order valence-electron chi connectivity index (χ2n) is 3.48. The van der Waals surface area contributed by atoms with Crippen LogP contribution in [0.3, 0.4) is 0 Å². The zero-order chi connectivity index (χ0) is 13.0. The van der Waals surface area contributed by atoms with Crippen molar-refractivity contribution < 1.29 is 9.47 Å². The van der Waals surface area contributed by atoms with Gasteiger partial charge in [0.1, 0.15) is 0 Å². The minimum atomic E-state index is 0.340. The van der Waals surface area contributed by atoms with Gasteiger partial charge in [-0.25, -0.2) is 9.97 Å². The molecule has 0 spiro atoms. The van der Waals surface area contributed by atoms with E-state index in [1.54, 1.807) is 32.5 Å². The molecule has 2 rings (SSSR count). The van der Waals surface area contributed by atoms with Gasteiger partial charge in [-0.15, -0.1) is 0 Å². The van der Waals surface area contributed by atoms with Crippen LogP contribution in [0.2, 0.25) is 0 Å². The lowest BCUT2D eigenvalue weighted by molar-refractivity contribution is 0.355. The quantitative estimate of drug-likeness (QED) is 0.856. The Hall–Kier alpha value is -2.50. The van der Waals surface area contributed by atoms with Crippen LogP contribution in [0, 0.1) is 0 Å². The Labute approximate surface area is 105 Å². The molecule has 0 unspecified atom stereocenters. The Morgan fingerprint density at radius 2 is 1.78 bits per heavy atom. The van der Waals surface area contributed by atoms with Gasteiger partial charge in [-0.1, -0.05) is 0 Å². The van der Waals surface area contributed by atoms with Crippen LogP contribution in [0.4, 0.5) is 17.3 Å². The van der Waals surface area contributed by atoms with E-state index in [1.165, 1.54) is 6.20 Å². The van der Waals surface area contributed by atoms with Crippen LogP contribution < -0.4 is 20.5 Å². The van der Waals surface area contributed by atoms with Crippen molar-refractivity contribution in [2.75, 3.05) is 25.3 Å². The first-order valence-corrected chi connectivity index (χ1v) is 5.30. The van der Waals surface area contributed by atoms with Crippen molar-refractivity contribution in [1.82, 2.24) is 9.97 Å². The molecular formula is C12H14N4O2. The van der Waals surface area contributed by atoms with Gasteiger partial charge in [0.25, 0.3) is 0 Å². The van der Waals surface area contributed by atoms with Crippen molar-refractivity contribution in [3.05, 3.63) is 30.6 Å². The molecule has 1 heterocycles. The van der Waals surface area contributed by atoms with Crippen molar-refractivity contribution in [1.29, 1.82) is 0 Å². The van der Waals surface area contributed by atoms with Crippen LogP contribution in [0.5, 0.6) is 11.5 Å². The maximum Gasteiger partial charge on any atom is 0.173 e. The molecule has 0 aliphatic carbocycles. The summed E-state index contributed by atoms with van der Waals surface area (Å²) in [6.07, 6.45) is 3.11. The van der Waals surface area contributed by atoms with Crippen molar-refractivity contribution >= 4 is 17.3 Å². The Bertz CT molecular complexity index is 545. The largest absolute Gasteiger partial charge is 0.493 e. The first-order valence-electron chi connectivity index (χ1n) is 5.30. The highest BCUT2D eigenvalue weighted by Gasteiger charge is 2.06. The number of aromatic nitrogens is 2. The van der Waals surface area contributed by atoms with Gasteiger partial charge in [0.15, 0.2) is 23.1 Å². The zero-order valence-electron chi connectivity index (χ0n) is 10.2. The Morgan fingerprint density at radius 1 is 1.06 bits per heavy atom. The maximum absolute atomic E-state index is 5.70. The third-order valence-corrected chi connectivity index (χ3v) is 2.37. The second kappa shape index (κ2) is 5.22. The first-order chi connectivity index (χ1) is 8.74. The average Bonchev–Trinajstić information content (AvgIpc) is 2.41. The summed E-state index contributed by atoms with van der Waals surface area (Å²) in [5.41, 5.74) is 6.49. The molecule has 0 saturated carbocycles. The number of methoxy groups -OCH3 is 2. The number of rotatable bonds is 4. The summed E-state index contributed by atoms with van der Waals surface area (Å²) in [7, 11) is 3.17. The topological polar surface area (TPSA) is 82.3 Å². The summed E-state index contributed by atoms with van der Waals surface area (Å²) < 4.78 is 10.4. The number of hydrogen-bond acceptors (Lipinski definition) is 6. The highest BCUT2D eigenvalue weighted by Crippen LogP contribution is 2.31. The number of benzene rings is 1. The van der Waals surface area contributed by atoms with E-state index >= 15 is 0 Å². The molecule has 0 amide bonds. The van der Waals surface area contributed by atoms with Gasteiger partial charge in [-0.3, -0.25) is 0 Å². The predicted octanol–water partition coefficient (Wildman–Crippen LogP) is 1.82. The summed E-state index contributed by atoms with van der Waals surface area (Å²) >= 11 is 0. The van der Waals surface area contributed by atoms with E-state index in [1.807, 2.05) is 6.07 Å². The average molecular weight is 246 g/mol. The van der Waals surface area contributed by atoms with Gasteiger partial charge in [0, 0.05) is 24.1 Å². The standard InChI is InChI=1S/C12H14N4O2/c1-17-9-4-3-8(7-10(9)18-2)16-12-11(13)14-5-6-15-12/h3-7H,1-2H3,(H2,13,14)(H,15,16). The fraction of sp³-hybridized carbons (Fsp3) is 0.167. The zero-order valence-corrected chi connectivity index (χ0v) is 10.2. The molecular weight excluding hydrogens is 232 g/mol. The van der Waals surface area contributed by atoms with E-state index in [0.717, 1.165) is 5.69 Å². The monoisotopic (exact) mass is 246 g/mol. The molecule has 0 aliphatic rings. The van der Waals surface area contributed by atoms with Gasteiger partial charge < -0.3 is 20.5 Å². The van der Waals surface area contributed by atoms with Gasteiger partial charge in [-0.2, -0.15) is 0 Å². The van der Waals surface area contributed by atoms with E-state index < -0.39 is 0 Å². The molecule has 3 N–H and O–H groups in total. The van der Waals surface area contributed by atoms with Crippen LogP contribution in [0.15, 0.2) is 30.6 Å². The Balaban J connectivity index is 2.27. The number of anilines is 3. The molecule has 0 bridgehead atoms.